The second kappa shape index (κ2) is 4.29. The Morgan fingerprint density at radius 3 is 2.79 bits per heavy atom. The molecule has 0 aliphatic carbocycles. The number of nitrogens with one attached hydrogen (secondary N) is 1. The number of rotatable bonds is 2. The van der Waals surface area contributed by atoms with Crippen LogP contribution < -0.4 is 5.32 Å². The molecule has 0 spiro atoms. The van der Waals surface area contributed by atoms with Crippen LogP contribution in [0.3, 0.4) is 0 Å². The van der Waals surface area contributed by atoms with Crippen molar-refractivity contribution >= 4 is 11.6 Å². The molecule has 1 fully saturated rings. The molecule has 1 aromatic heterocycles. The van der Waals surface area contributed by atoms with Crippen LogP contribution in [0.4, 0.5) is 0 Å². The van der Waals surface area contributed by atoms with Crippen molar-refractivity contribution in [2.45, 2.75) is 6.54 Å². The highest BCUT2D eigenvalue weighted by Gasteiger charge is 2.12. The standard InChI is InChI=1S/C9H15ClN4/c1-13-8(6-12-9(13)10)7-14-4-2-11-3-5-14/h6,11H,2-5,7H2,1H3. The summed E-state index contributed by atoms with van der Waals surface area (Å²) in [6, 6.07) is 0. The van der Waals surface area contributed by atoms with E-state index in [1.54, 1.807) is 0 Å². The highest BCUT2D eigenvalue weighted by Crippen LogP contribution is 2.10. The molecule has 14 heavy (non-hydrogen) atoms. The Bertz CT molecular complexity index is 304. The predicted octanol–water partition coefficient (Wildman–Crippen LogP) is 0.479. The SMILES string of the molecule is Cn1c(CN2CCNCC2)cnc1Cl. The Morgan fingerprint density at radius 2 is 2.21 bits per heavy atom. The molecule has 5 heteroatoms. The minimum absolute atomic E-state index is 0.565. The average Bonchev–Trinajstić information content (AvgIpc) is 2.52. The van der Waals surface area contributed by atoms with E-state index in [0.29, 0.717) is 5.28 Å². The summed E-state index contributed by atoms with van der Waals surface area (Å²) in [6.07, 6.45) is 1.85. The molecule has 0 radical (unpaired) electrons. The van der Waals surface area contributed by atoms with Gasteiger partial charge in [-0.25, -0.2) is 4.98 Å². The summed E-state index contributed by atoms with van der Waals surface area (Å²) in [5.41, 5.74) is 1.18. The van der Waals surface area contributed by atoms with Gasteiger partial charge >= 0.3 is 0 Å². The van der Waals surface area contributed by atoms with Crippen molar-refractivity contribution in [3.05, 3.63) is 17.2 Å². The zero-order valence-electron chi connectivity index (χ0n) is 8.33. The molecule has 1 saturated heterocycles. The van der Waals surface area contributed by atoms with Gasteiger partial charge in [0.05, 0.1) is 11.9 Å². The summed E-state index contributed by atoms with van der Waals surface area (Å²) < 4.78 is 1.93. The molecule has 78 valence electrons. The summed E-state index contributed by atoms with van der Waals surface area (Å²) in [7, 11) is 1.95. The highest BCUT2D eigenvalue weighted by atomic mass is 35.5. The van der Waals surface area contributed by atoms with Gasteiger partial charge in [-0.3, -0.25) is 4.90 Å². The number of nitrogens with zero attached hydrogens (tertiary/aromatic N) is 3. The minimum Gasteiger partial charge on any atom is -0.321 e. The molecule has 1 aliphatic rings. The van der Waals surface area contributed by atoms with Crippen LogP contribution in [0.15, 0.2) is 6.20 Å². The predicted molar refractivity (Wildman–Crippen MR) is 56.4 cm³/mol. The minimum atomic E-state index is 0.565. The Morgan fingerprint density at radius 1 is 1.50 bits per heavy atom. The zero-order chi connectivity index (χ0) is 9.97. The first kappa shape index (κ1) is 9.96. The van der Waals surface area contributed by atoms with E-state index in [1.165, 1.54) is 5.69 Å². The molecule has 0 unspecified atom stereocenters. The van der Waals surface area contributed by atoms with E-state index in [9.17, 15) is 0 Å². The van der Waals surface area contributed by atoms with Crippen molar-refractivity contribution in [2.75, 3.05) is 26.2 Å². The van der Waals surface area contributed by atoms with Gasteiger partial charge in [0.1, 0.15) is 0 Å². The molecule has 1 N–H and O–H groups in total. The first-order valence-corrected chi connectivity index (χ1v) is 5.24. The molecule has 0 aromatic carbocycles. The van der Waals surface area contributed by atoms with Gasteiger partial charge in [-0.15, -0.1) is 0 Å². The van der Waals surface area contributed by atoms with E-state index < -0.39 is 0 Å². The maximum absolute atomic E-state index is 5.87. The number of hydrogen-bond acceptors (Lipinski definition) is 3. The Hall–Kier alpha value is -0.580. The van der Waals surface area contributed by atoms with Crippen molar-refractivity contribution in [2.24, 2.45) is 7.05 Å². The average molecular weight is 215 g/mol. The number of aromatic nitrogens is 2. The first-order valence-electron chi connectivity index (χ1n) is 4.86. The summed E-state index contributed by atoms with van der Waals surface area (Å²) >= 11 is 5.87. The van der Waals surface area contributed by atoms with E-state index in [-0.39, 0.29) is 0 Å². The Labute approximate surface area is 88.9 Å². The van der Waals surface area contributed by atoms with E-state index >= 15 is 0 Å². The summed E-state index contributed by atoms with van der Waals surface area (Å²) in [6.45, 7) is 5.29. The number of hydrogen-bond donors (Lipinski definition) is 1. The zero-order valence-corrected chi connectivity index (χ0v) is 9.09. The van der Waals surface area contributed by atoms with Crippen LogP contribution in [0, 0.1) is 0 Å². The fraction of sp³-hybridized carbons (Fsp3) is 0.667. The number of piperazine rings is 1. The van der Waals surface area contributed by atoms with Gasteiger partial charge in [0.2, 0.25) is 5.28 Å². The molecule has 2 rings (SSSR count). The molecule has 4 nitrogen and oxygen atoms in total. The van der Waals surface area contributed by atoms with Gasteiger partial charge < -0.3 is 9.88 Å². The molecule has 0 atom stereocenters. The second-order valence-corrected chi connectivity index (χ2v) is 3.94. The molecular formula is C9H15ClN4. The molecular weight excluding hydrogens is 200 g/mol. The highest BCUT2D eigenvalue weighted by molar-refractivity contribution is 6.28. The molecule has 1 aromatic rings. The third-order valence-electron chi connectivity index (χ3n) is 2.62. The third kappa shape index (κ3) is 2.08. The number of imidazole rings is 1. The quantitative estimate of drug-likeness (QED) is 0.778. The monoisotopic (exact) mass is 214 g/mol. The van der Waals surface area contributed by atoms with Crippen LogP contribution in [0.2, 0.25) is 5.28 Å². The smallest absolute Gasteiger partial charge is 0.202 e. The van der Waals surface area contributed by atoms with Gasteiger partial charge in [0.25, 0.3) is 0 Å². The fourth-order valence-electron chi connectivity index (χ4n) is 1.66. The lowest BCUT2D eigenvalue weighted by Gasteiger charge is -2.26. The normalized spacial score (nSPS) is 18.7. The van der Waals surface area contributed by atoms with Crippen LogP contribution in [0.5, 0.6) is 0 Å². The summed E-state index contributed by atoms with van der Waals surface area (Å²) in [5, 5.41) is 3.90. The third-order valence-corrected chi connectivity index (χ3v) is 2.97. The summed E-state index contributed by atoms with van der Waals surface area (Å²) in [4.78, 5) is 6.47. The van der Waals surface area contributed by atoms with Crippen LogP contribution in [0.25, 0.3) is 0 Å². The number of halogens is 1. The first-order chi connectivity index (χ1) is 6.77. The van der Waals surface area contributed by atoms with Crippen LogP contribution in [0.1, 0.15) is 5.69 Å². The fourth-order valence-corrected chi connectivity index (χ4v) is 1.82. The van der Waals surface area contributed by atoms with Gasteiger partial charge in [-0.05, 0) is 11.6 Å². The van der Waals surface area contributed by atoms with Crippen LogP contribution in [-0.4, -0.2) is 40.6 Å². The molecule has 0 saturated carbocycles. The maximum atomic E-state index is 5.87. The van der Waals surface area contributed by atoms with Crippen LogP contribution >= 0.6 is 11.6 Å². The van der Waals surface area contributed by atoms with Gasteiger partial charge in [0.15, 0.2) is 0 Å². The maximum Gasteiger partial charge on any atom is 0.202 e. The molecule has 2 heterocycles. The molecule has 0 amide bonds. The lowest BCUT2D eigenvalue weighted by atomic mass is 10.3. The summed E-state index contributed by atoms with van der Waals surface area (Å²) in [5.74, 6) is 0. The van der Waals surface area contributed by atoms with Crippen molar-refractivity contribution in [1.29, 1.82) is 0 Å². The van der Waals surface area contributed by atoms with E-state index in [2.05, 4.69) is 15.2 Å². The van der Waals surface area contributed by atoms with Gasteiger partial charge in [-0.1, -0.05) is 0 Å². The lowest BCUT2D eigenvalue weighted by molar-refractivity contribution is 0.229. The molecule has 0 bridgehead atoms. The van der Waals surface area contributed by atoms with Crippen LogP contribution in [-0.2, 0) is 13.6 Å². The van der Waals surface area contributed by atoms with E-state index in [0.717, 1.165) is 32.7 Å². The lowest BCUT2D eigenvalue weighted by Crippen LogP contribution is -2.43. The Balaban J connectivity index is 1.99. The van der Waals surface area contributed by atoms with E-state index in [4.69, 9.17) is 11.6 Å². The second-order valence-electron chi connectivity index (χ2n) is 3.60. The van der Waals surface area contributed by atoms with Gasteiger partial charge in [-0.2, -0.15) is 0 Å². The Kier molecular flexibility index (Phi) is 3.05. The van der Waals surface area contributed by atoms with Crippen molar-refractivity contribution in [3.8, 4) is 0 Å². The van der Waals surface area contributed by atoms with E-state index in [1.807, 2.05) is 17.8 Å². The van der Waals surface area contributed by atoms with Crippen molar-refractivity contribution in [1.82, 2.24) is 19.8 Å². The van der Waals surface area contributed by atoms with Crippen molar-refractivity contribution in [3.63, 3.8) is 0 Å². The van der Waals surface area contributed by atoms with Crippen molar-refractivity contribution < 1.29 is 0 Å². The topological polar surface area (TPSA) is 33.1 Å². The molecule has 1 aliphatic heterocycles. The largest absolute Gasteiger partial charge is 0.321 e. The van der Waals surface area contributed by atoms with Gasteiger partial charge in [0, 0.05) is 39.8 Å².